The Hall–Kier alpha value is -2.46. The summed E-state index contributed by atoms with van der Waals surface area (Å²) >= 11 is 0. The van der Waals surface area contributed by atoms with Gasteiger partial charge in [0.2, 0.25) is 0 Å². The number of rotatable bonds is 4. The topological polar surface area (TPSA) is 48.1 Å². The van der Waals surface area contributed by atoms with Gasteiger partial charge in [0.25, 0.3) is 0 Å². The van der Waals surface area contributed by atoms with Crippen molar-refractivity contribution in [2.75, 3.05) is 0 Å². The highest BCUT2D eigenvalue weighted by Gasteiger charge is 2.05. The van der Waals surface area contributed by atoms with Crippen molar-refractivity contribution in [1.29, 1.82) is 0 Å². The van der Waals surface area contributed by atoms with Gasteiger partial charge < -0.3 is 10.5 Å². The van der Waals surface area contributed by atoms with Crippen LogP contribution in [-0.2, 0) is 13.2 Å². The maximum Gasteiger partial charge on any atom is 0.129 e. The Morgan fingerprint density at radius 3 is 2.86 bits per heavy atom. The maximum atomic E-state index is 13.7. The summed E-state index contributed by atoms with van der Waals surface area (Å²) in [4.78, 5) is 4.27. The van der Waals surface area contributed by atoms with Gasteiger partial charge >= 0.3 is 0 Å². The Morgan fingerprint density at radius 1 is 1.10 bits per heavy atom. The summed E-state index contributed by atoms with van der Waals surface area (Å²) in [7, 11) is 0. The van der Waals surface area contributed by atoms with E-state index >= 15 is 0 Å². The van der Waals surface area contributed by atoms with Gasteiger partial charge in [-0.1, -0.05) is 12.1 Å². The summed E-state index contributed by atoms with van der Waals surface area (Å²) in [6.45, 7) is 0.547. The number of pyridine rings is 1. The van der Waals surface area contributed by atoms with Crippen molar-refractivity contribution >= 4 is 10.9 Å². The molecule has 3 aromatic rings. The van der Waals surface area contributed by atoms with Crippen molar-refractivity contribution in [1.82, 2.24) is 4.98 Å². The van der Waals surface area contributed by atoms with Crippen LogP contribution in [0, 0.1) is 5.82 Å². The number of nitrogens with two attached hydrogens (primary N) is 1. The van der Waals surface area contributed by atoms with E-state index in [-0.39, 0.29) is 12.4 Å². The molecule has 1 heterocycles. The second-order valence-electron chi connectivity index (χ2n) is 4.78. The molecule has 4 heteroatoms. The van der Waals surface area contributed by atoms with E-state index in [1.807, 2.05) is 30.3 Å². The number of halogens is 1. The third kappa shape index (κ3) is 3.01. The van der Waals surface area contributed by atoms with Crippen LogP contribution in [0.25, 0.3) is 10.9 Å². The van der Waals surface area contributed by atoms with Crippen LogP contribution >= 0.6 is 0 Å². The molecule has 0 amide bonds. The summed E-state index contributed by atoms with van der Waals surface area (Å²) in [5.74, 6) is 0.380. The van der Waals surface area contributed by atoms with Gasteiger partial charge in [-0.2, -0.15) is 0 Å². The first-order valence-electron chi connectivity index (χ1n) is 6.71. The smallest absolute Gasteiger partial charge is 0.129 e. The van der Waals surface area contributed by atoms with Crippen LogP contribution in [0.2, 0.25) is 0 Å². The van der Waals surface area contributed by atoms with Crippen molar-refractivity contribution in [3.63, 3.8) is 0 Å². The van der Waals surface area contributed by atoms with Gasteiger partial charge in [0.05, 0.1) is 5.52 Å². The fourth-order valence-electron chi connectivity index (χ4n) is 2.16. The van der Waals surface area contributed by atoms with Gasteiger partial charge in [-0.3, -0.25) is 4.98 Å². The van der Waals surface area contributed by atoms with E-state index < -0.39 is 0 Å². The second-order valence-corrected chi connectivity index (χ2v) is 4.78. The molecule has 0 fully saturated rings. The van der Waals surface area contributed by atoms with Crippen LogP contribution < -0.4 is 10.5 Å². The Labute approximate surface area is 122 Å². The number of hydrogen-bond acceptors (Lipinski definition) is 3. The first kappa shape index (κ1) is 13.5. The molecule has 0 spiro atoms. The molecule has 0 bridgehead atoms. The molecule has 0 aliphatic carbocycles. The lowest BCUT2D eigenvalue weighted by atomic mass is 10.1. The lowest BCUT2D eigenvalue weighted by Crippen LogP contribution is -2.02. The quantitative estimate of drug-likeness (QED) is 0.797. The molecule has 0 unspecified atom stereocenters. The number of aromatic nitrogens is 1. The third-order valence-electron chi connectivity index (χ3n) is 3.32. The highest BCUT2D eigenvalue weighted by atomic mass is 19.1. The van der Waals surface area contributed by atoms with Crippen LogP contribution in [-0.4, -0.2) is 4.98 Å². The van der Waals surface area contributed by atoms with E-state index in [1.54, 1.807) is 18.3 Å². The average molecular weight is 282 g/mol. The summed E-state index contributed by atoms with van der Waals surface area (Å²) in [6.07, 6.45) is 1.73. The second kappa shape index (κ2) is 5.89. The Kier molecular flexibility index (Phi) is 3.79. The predicted octanol–water partition coefficient (Wildman–Crippen LogP) is 3.41. The molecule has 3 nitrogen and oxygen atoms in total. The van der Waals surface area contributed by atoms with Crippen LogP contribution in [0.4, 0.5) is 4.39 Å². The molecule has 2 aromatic carbocycles. The fourth-order valence-corrected chi connectivity index (χ4v) is 2.16. The Balaban J connectivity index is 1.80. The number of nitrogens with zero attached hydrogens (tertiary/aromatic N) is 1. The van der Waals surface area contributed by atoms with Gasteiger partial charge in [-0.05, 0) is 35.9 Å². The van der Waals surface area contributed by atoms with Crippen molar-refractivity contribution in [2.45, 2.75) is 13.2 Å². The van der Waals surface area contributed by atoms with E-state index in [4.69, 9.17) is 10.5 Å². The molecule has 0 saturated carbocycles. The van der Waals surface area contributed by atoms with Crippen molar-refractivity contribution in [2.24, 2.45) is 5.73 Å². The minimum atomic E-state index is -0.286. The number of fused-ring (bicyclic) bond motifs is 1. The van der Waals surface area contributed by atoms with E-state index in [1.165, 1.54) is 6.07 Å². The first-order valence-corrected chi connectivity index (χ1v) is 6.71. The minimum absolute atomic E-state index is 0.165. The molecule has 0 aliphatic rings. The van der Waals surface area contributed by atoms with Crippen molar-refractivity contribution < 1.29 is 9.13 Å². The molecular formula is C17H15FN2O. The molecular weight excluding hydrogens is 267 g/mol. The van der Waals surface area contributed by atoms with Crippen LogP contribution in [0.5, 0.6) is 5.75 Å². The monoisotopic (exact) mass is 282 g/mol. The number of hydrogen-bond donors (Lipinski definition) is 1. The minimum Gasteiger partial charge on any atom is -0.489 e. The van der Waals surface area contributed by atoms with Crippen LogP contribution in [0.1, 0.15) is 11.1 Å². The zero-order valence-electron chi connectivity index (χ0n) is 11.4. The summed E-state index contributed by atoms with van der Waals surface area (Å²) < 4.78 is 19.4. The highest BCUT2D eigenvalue weighted by Crippen LogP contribution is 2.20. The van der Waals surface area contributed by atoms with Crippen LogP contribution in [0.3, 0.4) is 0 Å². The van der Waals surface area contributed by atoms with E-state index in [2.05, 4.69) is 4.98 Å². The van der Waals surface area contributed by atoms with E-state index in [9.17, 15) is 4.39 Å². The Morgan fingerprint density at radius 2 is 2.00 bits per heavy atom. The fraction of sp³-hybridized carbons (Fsp3) is 0.118. The zero-order chi connectivity index (χ0) is 14.7. The van der Waals surface area contributed by atoms with Crippen molar-refractivity contribution in [3.8, 4) is 5.75 Å². The molecule has 0 saturated heterocycles. The largest absolute Gasteiger partial charge is 0.489 e. The molecule has 1 aromatic heterocycles. The van der Waals surface area contributed by atoms with Gasteiger partial charge in [0, 0.05) is 29.8 Å². The van der Waals surface area contributed by atoms with Gasteiger partial charge in [-0.25, -0.2) is 4.39 Å². The zero-order valence-corrected chi connectivity index (χ0v) is 11.4. The molecule has 0 aliphatic heterocycles. The molecule has 2 N–H and O–H groups in total. The van der Waals surface area contributed by atoms with Crippen molar-refractivity contribution in [3.05, 3.63) is 71.7 Å². The average Bonchev–Trinajstić information content (AvgIpc) is 2.54. The third-order valence-corrected chi connectivity index (χ3v) is 3.32. The van der Waals surface area contributed by atoms with E-state index in [0.717, 1.165) is 16.5 Å². The number of benzene rings is 2. The molecule has 106 valence electrons. The molecule has 21 heavy (non-hydrogen) atoms. The summed E-state index contributed by atoms with van der Waals surface area (Å²) in [5.41, 5.74) is 7.80. The Bertz CT molecular complexity index is 774. The van der Waals surface area contributed by atoms with E-state index in [0.29, 0.717) is 17.9 Å². The number of ether oxygens (including phenoxy) is 1. The normalized spacial score (nSPS) is 10.8. The molecule has 0 atom stereocenters. The lowest BCUT2D eigenvalue weighted by molar-refractivity contribution is 0.300. The van der Waals surface area contributed by atoms with Crippen LogP contribution in [0.15, 0.2) is 54.7 Å². The first-order chi connectivity index (χ1) is 10.3. The lowest BCUT2D eigenvalue weighted by Gasteiger charge is -2.09. The van der Waals surface area contributed by atoms with Gasteiger partial charge in [0.15, 0.2) is 0 Å². The highest BCUT2D eigenvalue weighted by molar-refractivity contribution is 5.79. The summed E-state index contributed by atoms with van der Waals surface area (Å²) in [6, 6.07) is 14.3. The molecule has 3 rings (SSSR count). The SMILES string of the molecule is NCc1ccc(F)c(COc2ccc3cccnc3c2)c1. The standard InChI is InChI=1S/C17H15FN2O/c18-16-6-3-12(10-19)8-14(16)11-21-15-5-4-13-2-1-7-20-17(13)9-15/h1-9H,10-11,19H2. The predicted molar refractivity (Wildman–Crippen MR) is 80.4 cm³/mol. The molecule has 0 radical (unpaired) electrons. The maximum absolute atomic E-state index is 13.7. The van der Waals surface area contributed by atoms with Gasteiger partial charge in [0.1, 0.15) is 18.2 Å². The summed E-state index contributed by atoms with van der Waals surface area (Å²) in [5, 5.41) is 1.04. The van der Waals surface area contributed by atoms with Gasteiger partial charge in [-0.15, -0.1) is 0 Å².